The molecule has 0 spiro atoms. The van der Waals surface area contributed by atoms with E-state index in [-0.39, 0.29) is 0 Å². The van der Waals surface area contributed by atoms with Crippen LogP contribution < -0.4 is 5.32 Å². The van der Waals surface area contributed by atoms with Crippen molar-refractivity contribution >= 4 is 0 Å². The van der Waals surface area contributed by atoms with E-state index < -0.39 is 0 Å². The van der Waals surface area contributed by atoms with Gasteiger partial charge in [0.25, 0.3) is 0 Å². The Hall–Kier alpha value is -0.900. The molecule has 2 fully saturated rings. The smallest absolute Gasteiger partial charge is 0.150 e. The highest BCUT2D eigenvalue weighted by molar-refractivity contribution is 5.01. The first-order valence-corrected chi connectivity index (χ1v) is 7.41. The van der Waals surface area contributed by atoms with Crippen LogP contribution in [0, 0.1) is 5.92 Å². The van der Waals surface area contributed by atoms with E-state index in [2.05, 4.69) is 33.9 Å². The summed E-state index contributed by atoms with van der Waals surface area (Å²) in [5, 5.41) is 12.3. The summed E-state index contributed by atoms with van der Waals surface area (Å²) >= 11 is 0. The Labute approximate surface area is 109 Å². The van der Waals surface area contributed by atoms with Crippen molar-refractivity contribution in [3.63, 3.8) is 0 Å². The summed E-state index contributed by atoms with van der Waals surface area (Å²) in [6, 6.07) is 1.57. The van der Waals surface area contributed by atoms with Gasteiger partial charge in [-0.05, 0) is 45.4 Å². The molecule has 2 aliphatic rings. The molecule has 3 rings (SSSR count). The SMILES string of the molecule is CC(C)n1cnnc1C1CCC2CCCCC2N1. The van der Waals surface area contributed by atoms with Gasteiger partial charge in [-0.1, -0.05) is 12.8 Å². The van der Waals surface area contributed by atoms with Gasteiger partial charge in [0.2, 0.25) is 0 Å². The molecular formula is C14H24N4. The second kappa shape index (κ2) is 5.00. The van der Waals surface area contributed by atoms with Gasteiger partial charge in [0.15, 0.2) is 0 Å². The maximum absolute atomic E-state index is 4.35. The van der Waals surface area contributed by atoms with Gasteiger partial charge in [0, 0.05) is 12.1 Å². The predicted molar refractivity (Wildman–Crippen MR) is 71.3 cm³/mol. The molecule has 3 atom stereocenters. The van der Waals surface area contributed by atoms with E-state index >= 15 is 0 Å². The maximum Gasteiger partial charge on any atom is 0.150 e. The number of fused-ring (bicyclic) bond motifs is 1. The quantitative estimate of drug-likeness (QED) is 0.875. The van der Waals surface area contributed by atoms with Crippen LogP contribution >= 0.6 is 0 Å². The molecule has 0 amide bonds. The fraction of sp³-hybridized carbons (Fsp3) is 0.857. The normalized spacial score (nSPS) is 32.5. The van der Waals surface area contributed by atoms with Crippen LogP contribution in [-0.4, -0.2) is 20.8 Å². The number of rotatable bonds is 2. The van der Waals surface area contributed by atoms with Crippen LogP contribution in [0.2, 0.25) is 0 Å². The number of nitrogens with one attached hydrogen (secondary N) is 1. The van der Waals surface area contributed by atoms with Gasteiger partial charge in [-0.25, -0.2) is 0 Å². The van der Waals surface area contributed by atoms with E-state index in [0.29, 0.717) is 12.1 Å². The molecule has 1 aliphatic carbocycles. The molecule has 4 heteroatoms. The van der Waals surface area contributed by atoms with Crippen molar-refractivity contribution in [2.45, 2.75) is 70.5 Å². The number of hydrogen-bond acceptors (Lipinski definition) is 3. The lowest BCUT2D eigenvalue weighted by Gasteiger charge is -2.40. The fourth-order valence-corrected chi connectivity index (χ4v) is 3.60. The molecule has 1 saturated heterocycles. The standard InChI is InChI=1S/C14H24N4/c1-10(2)18-9-15-17-14(18)13-8-7-11-5-3-4-6-12(11)16-13/h9-13,16H,3-8H2,1-2H3. The van der Waals surface area contributed by atoms with Crippen LogP contribution in [0.25, 0.3) is 0 Å². The van der Waals surface area contributed by atoms with Crippen molar-refractivity contribution in [3.05, 3.63) is 12.2 Å². The van der Waals surface area contributed by atoms with Gasteiger partial charge >= 0.3 is 0 Å². The largest absolute Gasteiger partial charge is 0.314 e. The van der Waals surface area contributed by atoms with E-state index in [4.69, 9.17) is 0 Å². The first kappa shape index (κ1) is 12.2. The Kier molecular flexibility index (Phi) is 3.37. The van der Waals surface area contributed by atoms with Gasteiger partial charge in [-0.15, -0.1) is 10.2 Å². The third-order valence-electron chi connectivity index (χ3n) is 4.62. The zero-order valence-corrected chi connectivity index (χ0v) is 11.5. The first-order valence-electron chi connectivity index (χ1n) is 7.41. The van der Waals surface area contributed by atoms with E-state index in [0.717, 1.165) is 17.8 Å². The lowest BCUT2D eigenvalue weighted by molar-refractivity contribution is 0.170. The summed E-state index contributed by atoms with van der Waals surface area (Å²) < 4.78 is 2.21. The molecule has 1 aliphatic heterocycles. The minimum atomic E-state index is 0.411. The predicted octanol–water partition coefficient (Wildman–Crippen LogP) is 2.84. The number of nitrogens with zero attached hydrogens (tertiary/aromatic N) is 3. The zero-order chi connectivity index (χ0) is 12.5. The van der Waals surface area contributed by atoms with Crippen LogP contribution in [0.15, 0.2) is 6.33 Å². The van der Waals surface area contributed by atoms with Crippen LogP contribution in [0.5, 0.6) is 0 Å². The van der Waals surface area contributed by atoms with Crippen molar-refractivity contribution in [3.8, 4) is 0 Å². The second-order valence-corrected chi connectivity index (χ2v) is 6.14. The molecular weight excluding hydrogens is 224 g/mol. The summed E-state index contributed by atoms with van der Waals surface area (Å²) in [6.07, 6.45) is 10.0. The first-order chi connectivity index (χ1) is 8.75. The zero-order valence-electron chi connectivity index (χ0n) is 11.5. The molecule has 4 nitrogen and oxygen atoms in total. The highest BCUT2D eigenvalue weighted by Gasteiger charge is 2.34. The lowest BCUT2D eigenvalue weighted by atomic mass is 9.77. The topological polar surface area (TPSA) is 42.7 Å². The number of aromatic nitrogens is 3. The Morgan fingerprint density at radius 2 is 2.06 bits per heavy atom. The van der Waals surface area contributed by atoms with E-state index in [1.165, 1.54) is 38.5 Å². The molecule has 1 aromatic rings. The van der Waals surface area contributed by atoms with Crippen molar-refractivity contribution < 1.29 is 0 Å². The molecule has 1 aromatic heterocycles. The Bertz CT molecular complexity index is 398. The molecule has 0 aromatic carbocycles. The minimum absolute atomic E-state index is 0.411. The monoisotopic (exact) mass is 248 g/mol. The van der Waals surface area contributed by atoms with Crippen LogP contribution in [0.3, 0.4) is 0 Å². The average Bonchev–Trinajstić information content (AvgIpc) is 2.87. The summed E-state index contributed by atoms with van der Waals surface area (Å²) in [6.45, 7) is 4.39. The van der Waals surface area contributed by atoms with Gasteiger partial charge in [-0.3, -0.25) is 0 Å². The molecule has 1 saturated carbocycles. The highest BCUT2D eigenvalue weighted by Crippen LogP contribution is 2.36. The van der Waals surface area contributed by atoms with Gasteiger partial charge < -0.3 is 9.88 Å². The number of piperidine rings is 1. The van der Waals surface area contributed by atoms with Crippen molar-refractivity contribution in [1.82, 2.24) is 20.1 Å². The van der Waals surface area contributed by atoms with Crippen molar-refractivity contribution in [1.29, 1.82) is 0 Å². The molecule has 2 heterocycles. The maximum atomic E-state index is 4.35. The van der Waals surface area contributed by atoms with E-state index in [1.54, 1.807) is 0 Å². The van der Waals surface area contributed by atoms with Crippen molar-refractivity contribution in [2.24, 2.45) is 5.92 Å². The van der Waals surface area contributed by atoms with E-state index in [9.17, 15) is 0 Å². The Morgan fingerprint density at radius 1 is 1.22 bits per heavy atom. The van der Waals surface area contributed by atoms with Gasteiger partial charge in [0.1, 0.15) is 12.2 Å². The summed E-state index contributed by atoms with van der Waals surface area (Å²) in [7, 11) is 0. The van der Waals surface area contributed by atoms with Gasteiger partial charge in [0.05, 0.1) is 6.04 Å². The third-order valence-corrected chi connectivity index (χ3v) is 4.62. The van der Waals surface area contributed by atoms with Crippen LogP contribution in [-0.2, 0) is 0 Å². The second-order valence-electron chi connectivity index (χ2n) is 6.14. The number of hydrogen-bond donors (Lipinski definition) is 1. The third kappa shape index (κ3) is 2.18. The molecule has 18 heavy (non-hydrogen) atoms. The molecule has 3 unspecified atom stereocenters. The minimum Gasteiger partial charge on any atom is -0.314 e. The van der Waals surface area contributed by atoms with Crippen molar-refractivity contribution in [2.75, 3.05) is 0 Å². The summed E-state index contributed by atoms with van der Waals surface area (Å²) in [4.78, 5) is 0. The Morgan fingerprint density at radius 3 is 2.89 bits per heavy atom. The van der Waals surface area contributed by atoms with Crippen LogP contribution in [0.4, 0.5) is 0 Å². The summed E-state index contributed by atoms with van der Waals surface area (Å²) in [5.41, 5.74) is 0. The molecule has 1 N–H and O–H groups in total. The Balaban J connectivity index is 1.75. The van der Waals surface area contributed by atoms with E-state index in [1.807, 2.05) is 6.33 Å². The average molecular weight is 248 g/mol. The van der Waals surface area contributed by atoms with Gasteiger partial charge in [-0.2, -0.15) is 0 Å². The molecule has 0 radical (unpaired) electrons. The highest BCUT2D eigenvalue weighted by atomic mass is 15.3. The summed E-state index contributed by atoms with van der Waals surface area (Å²) in [5.74, 6) is 2.04. The lowest BCUT2D eigenvalue weighted by Crippen LogP contribution is -2.45. The molecule has 100 valence electrons. The fourth-order valence-electron chi connectivity index (χ4n) is 3.60. The molecule has 0 bridgehead atoms. The van der Waals surface area contributed by atoms with Crippen LogP contribution in [0.1, 0.15) is 70.3 Å².